The van der Waals surface area contributed by atoms with Crippen molar-refractivity contribution in [2.24, 2.45) is 0 Å². The molecule has 1 heterocycles. The lowest BCUT2D eigenvalue weighted by atomic mass is 10.1. The topological polar surface area (TPSA) is 91.4 Å². The van der Waals surface area contributed by atoms with Crippen molar-refractivity contribution in [3.63, 3.8) is 0 Å². The SMILES string of the molecule is CCOC(=O)COc1c(C(=O)OC)sc(-c2ccc(OC)c(CN(C(C)=O)c3ccccc3)c2)c1Br. The fourth-order valence-corrected chi connectivity index (χ4v) is 5.44. The van der Waals surface area contributed by atoms with Gasteiger partial charge in [0.1, 0.15) is 5.75 Å². The molecule has 36 heavy (non-hydrogen) atoms. The number of benzene rings is 2. The van der Waals surface area contributed by atoms with Gasteiger partial charge in [-0.3, -0.25) is 4.79 Å². The minimum Gasteiger partial charge on any atom is -0.496 e. The molecule has 0 aliphatic heterocycles. The number of rotatable bonds is 10. The van der Waals surface area contributed by atoms with Crippen LogP contribution >= 0.6 is 27.3 Å². The highest BCUT2D eigenvalue weighted by atomic mass is 79.9. The number of carbonyl (C=O) groups is 3. The van der Waals surface area contributed by atoms with E-state index >= 15 is 0 Å². The molecule has 0 bridgehead atoms. The van der Waals surface area contributed by atoms with Gasteiger partial charge >= 0.3 is 11.9 Å². The lowest BCUT2D eigenvalue weighted by molar-refractivity contribution is -0.145. The van der Waals surface area contributed by atoms with Crippen LogP contribution in [0.2, 0.25) is 0 Å². The van der Waals surface area contributed by atoms with Crippen molar-refractivity contribution in [3.8, 4) is 21.9 Å². The third-order valence-corrected chi connectivity index (χ3v) is 7.36. The van der Waals surface area contributed by atoms with Crippen molar-refractivity contribution in [2.45, 2.75) is 20.4 Å². The summed E-state index contributed by atoms with van der Waals surface area (Å²) in [4.78, 5) is 39.3. The fraction of sp³-hybridized carbons (Fsp3) is 0.269. The van der Waals surface area contributed by atoms with E-state index in [0.29, 0.717) is 15.1 Å². The molecule has 0 saturated heterocycles. The summed E-state index contributed by atoms with van der Waals surface area (Å²) in [5, 5.41) is 0. The molecule has 190 valence electrons. The number of nitrogens with zero attached hydrogens (tertiary/aromatic N) is 1. The van der Waals surface area contributed by atoms with E-state index in [1.807, 2.05) is 42.5 Å². The summed E-state index contributed by atoms with van der Waals surface area (Å²) in [6.45, 7) is 3.34. The molecule has 1 aromatic heterocycles. The number of esters is 2. The van der Waals surface area contributed by atoms with E-state index in [2.05, 4.69) is 15.9 Å². The van der Waals surface area contributed by atoms with Crippen LogP contribution in [0.15, 0.2) is 53.0 Å². The van der Waals surface area contributed by atoms with Gasteiger partial charge in [-0.2, -0.15) is 0 Å². The van der Waals surface area contributed by atoms with E-state index in [1.54, 1.807) is 25.0 Å². The number of carbonyl (C=O) groups excluding carboxylic acids is 3. The van der Waals surface area contributed by atoms with Gasteiger partial charge in [0.15, 0.2) is 17.2 Å². The van der Waals surface area contributed by atoms with Gasteiger partial charge in [0.05, 0.1) is 36.7 Å². The first-order valence-electron chi connectivity index (χ1n) is 11.0. The number of ether oxygens (including phenoxy) is 4. The molecule has 8 nitrogen and oxygen atoms in total. The summed E-state index contributed by atoms with van der Waals surface area (Å²) >= 11 is 4.69. The Kier molecular flexibility index (Phi) is 9.49. The molecule has 2 aromatic carbocycles. The average Bonchev–Trinajstić information content (AvgIpc) is 3.21. The zero-order valence-corrected chi connectivity index (χ0v) is 22.7. The molecule has 0 saturated carbocycles. The summed E-state index contributed by atoms with van der Waals surface area (Å²) in [5.41, 5.74) is 2.29. The van der Waals surface area contributed by atoms with E-state index in [9.17, 15) is 14.4 Å². The highest BCUT2D eigenvalue weighted by Gasteiger charge is 2.26. The molecule has 10 heteroatoms. The molecule has 0 radical (unpaired) electrons. The second-order valence-electron chi connectivity index (χ2n) is 7.46. The zero-order valence-electron chi connectivity index (χ0n) is 20.3. The lowest BCUT2D eigenvalue weighted by Gasteiger charge is -2.23. The minimum atomic E-state index is -0.591. The zero-order chi connectivity index (χ0) is 26.2. The summed E-state index contributed by atoms with van der Waals surface area (Å²) in [7, 11) is 2.84. The van der Waals surface area contributed by atoms with Crippen LogP contribution in [0.5, 0.6) is 11.5 Å². The largest absolute Gasteiger partial charge is 0.496 e. The Morgan fingerprint density at radius 1 is 1.06 bits per heavy atom. The molecule has 3 rings (SSSR count). The second-order valence-corrected chi connectivity index (χ2v) is 9.27. The quantitative estimate of drug-likeness (QED) is 0.296. The van der Waals surface area contributed by atoms with Crippen LogP contribution in [-0.2, 0) is 25.6 Å². The molecule has 1 amide bonds. The lowest BCUT2D eigenvalue weighted by Crippen LogP contribution is -2.27. The number of halogens is 1. The van der Waals surface area contributed by atoms with Gasteiger partial charge in [0.25, 0.3) is 0 Å². The van der Waals surface area contributed by atoms with Gasteiger partial charge in [-0.15, -0.1) is 11.3 Å². The van der Waals surface area contributed by atoms with Crippen LogP contribution in [0, 0.1) is 0 Å². The van der Waals surface area contributed by atoms with Crippen molar-refractivity contribution < 1.29 is 33.3 Å². The van der Waals surface area contributed by atoms with E-state index < -0.39 is 11.9 Å². The monoisotopic (exact) mass is 575 g/mol. The summed E-state index contributed by atoms with van der Waals surface area (Å²) in [5.74, 6) is -0.451. The van der Waals surface area contributed by atoms with Crippen molar-refractivity contribution in [1.82, 2.24) is 0 Å². The molecule has 3 aromatic rings. The Bertz CT molecular complexity index is 1240. The number of thiophene rings is 1. The molecular formula is C26H26BrNO7S. The van der Waals surface area contributed by atoms with Gasteiger partial charge < -0.3 is 23.8 Å². The molecule has 0 aliphatic rings. The van der Waals surface area contributed by atoms with E-state index in [-0.39, 0.29) is 36.3 Å². The first-order chi connectivity index (χ1) is 17.3. The molecule has 0 fully saturated rings. The predicted octanol–water partition coefficient (Wildman–Crippen LogP) is 5.47. The Labute approximate surface area is 221 Å². The average molecular weight is 576 g/mol. The molecular weight excluding hydrogens is 550 g/mol. The van der Waals surface area contributed by atoms with E-state index in [1.165, 1.54) is 14.0 Å². The molecule has 0 unspecified atom stereocenters. The van der Waals surface area contributed by atoms with Crippen LogP contribution in [-0.4, -0.2) is 45.3 Å². The number of hydrogen-bond donors (Lipinski definition) is 0. The highest BCUT2D eigenvalue weighted by molar-refractivity contribution is 9.10. The van der Waals surface area contributed by atoms with E-state index in [4.69, 9.17) is 18.9 Å². The summed E-state index contributed by atoms with van der Waals surface area (Å²) in [6.07, 6.45) is 0. The third-order valence-electron chi connectivity index (χ3n) is 5.14. The van der Waals surface area contributed by atoms with Crippen molar-refractivity contribution in [1.29, 1.82) is 0 Å². The standard InChI is InChI=1S/C26H26BrNO7S/c1-5-34-21(30)15-35-23-22(27)24(36-25(23)26(31)33-4)17-11-12-20(32-3)18(13-17)14-28(16(2)29)19-9-7-6-8-10-19/h6-13H,5,14-15H2,1-4H3. The summed E-state index contributed by atoms with van der Waals surface area (Å²) in [6, 6.07) is 14.9. The predicted molar refractivity (Wildman–Crippen MR) is 141 cm³/mol. The minimum absolute atomic E-state index is 0.117. The maximum Gasteiger partial charge on any atom is 0.351 e. The highest BCUT2D eigenvalue weighted by Crippen LogP contribution is 2.46. The number of hydrogen-bond acceptors (Lipinski definition) is 8. The Balaban J connectivity index is 2.02. The molecule has 0 N–H and O–H groups in total. The van der Waals surface area contributed by atoms with Gasteiger partial charge in [-0.05, 0) is 58.7 Å². The molecule has 0 atom stereocenters. The van der Waals surface area contributed by atoms with E-state index in [0.717, 1.165) is 28.2 Å². The number of methoxy groups -OCH3 is 2. The van der Waals surface area contributed by atoms with Crippen LogP contribution in [0.3, 0.4) is 0 Å². The maximum atomic E-state index is 12.5. The number of amides is 1. The normalized spacial score (nSPS) is 10.5. The van der Waals surface area contributed by atoms with Crippen LogP contribution in [0.4, 0.5) is 5.69 Å². The maximum absolute atomic E-state index is 12.5. The van der Waals surface area contributed by atoms with Crippen molar-refractivity contribution >= 4 is 50.8 Å². The Morgan fingerprint density at radius 3 is 2.39 bits per heavy atom. The van der Waals surface area contributed by atoms with Crippen molar-refractivity contribution in [3.05, 3.63) is 63.4 Å². The number of anilines is 1. The van der Waals surface area contributed by atoms with Gasteiger partial charge in [0.2, 0.25) is 5.91 Å². The molecule has 0 spiro atoms. The summed E-state index contributed by atoms with van der Waals surface area (Å²) < 4.78 is 21.5. The smallest absolute Gasteiger partial charge is 0.351 e. The van der Waals surface area contributed by atoms with Gasteiger partial charge in [0, 0.05) is 18.2 Å². The first-order valence-corrected chi connectivity index (χ1v) is 12.6. The van der Waals surface area contributed by atoms with Crippen LogP contribution < -0.4 is 14.4 Å². The van der Waals surface area contributed by atoms with Crippen LogP contribution in [0.25, 0.3) is 10.4 Å². The van der Waals surface area contributed by atoms with Gasteiger partial charge in [-0.25, -0.2) is 9.59 Å². The third kappa shape index (κ3) is 6.24. The Morgan fingerprint density at radius 2 is 1.78 bits per heavy atom. The van der Waals surface area contributed by atoms with Crippen molar-refractivity contribution in [2.75, 3.05) is 32.3 Å². The first kappa shape index (κ1) is 27.2. The second kappa shape index (κ2) is 12.5. The Hall–Kier alpha value is -3.37. The number of para-hydroxylation sites is 1. The fourth-order valence-electron chi connectivity index (χ4n) is 3.48. The van der Waals surface area contributed by atoms with Gasteiger partial charge in [-0.1, -0.05) is 18.2 Å². The van der Waals surface area contributed by atoms with Crippen LogP contribution in [0.1, 0.15) is 29.1 Å². The molecule has 0 aliphatic carbocycles.